The lowest BCUT2D eigenvalue weighted by Gasteiger charge is -2.19. The van der Waals surface area contributed by atoms with Gasteiger partial charge in [-0.15, -0.1) is 8.96 Å². The lowest BCUT2D eigenvalue weighted by atomic mass is 9.87. The summed E-state index contributed by atoms with van der Waals surface area (Å²) in [5, 5.41) is 0. The maximum atomic E-state index is 13.8. The molecule has 0 saturated heterocycles. The molecule has 14 heteroatoms. The number of benzene rings is 4. The van der Waals surface area contributed by atoms with Crippen molar-refractivity contribution in [1.29, 1.82) is 0 Å². The van der Waals surface area contributed by atoms with Gasteiger partial charge >= 0.3 is 0 Å². The molecule has 0 aromatic heterocycles. The van der Waals surface area contributed by atoms with Crippen LogP contribution in [0.3, 0.4) is 0 Å². The second-order valence-electron chi connectivity index (χ2n) is 11.9. The third-order valence-electron chi connectivity index (χ3n) is 8.44. The highest BCUT2D eigenvalue weighted by atomic mass is 32.2. The molecule has 52 heavy (non-hydrogen) atoms. The van der Waals surface area contributed by atoms with Crippen LogP contribution in [0.1, 0.15) is 45.2 Å². The Bertz CT molecular complexity index is 2220. The minimum Gasteiger partial charge on any atom is -0.207 e. The van der Waals surface area contributed by atoms with Gasteiger partial charge in [0.05, 0.1) is 9.79 Å². The molecule has 0 spiro atoms. The molecule has 2 aliphatic carbocycles. The van der Waals surface area contributed by atoms with Gasteiger partial charge in [-0.3, -0.25) is 0 Å². The number of thiocarbonyl (C=S) groups is 2. The monoisotopic (exact) mass is 782 g/mol. The van der Waals surface area contributed by atoms with E-state index in [0.717, 1.165) is 43.3 Å². The van der Waals surface area contributed by atoms with E-state index in [1.165, 1.54) is 36.4 Å². The van der Waals surface area contributed by atoms with Crippen LogP contribution in [-0.4, -0.2) is 26.6 Å². The van der Waals surface area contributed by atoms with Gasteiger partial charge in [0.2, 0.25) is 0 Å². The largest absolute Gasteiger partial charge is 0.266 e. The van der Waals surface area contributed by atoms with Crippen molar-refractivity contribution in [1.82, 2.24) is 9.89 Å². The molecule has 268 valence electrons. The lowest BCUT2D eigenvalue weighted by Crippen LogP contribution is -2.14. The maximum Gasteiger partial charge on any atom is 0.266 e. The highest BCUT2D eigenvalue weighted by Gasteiger charge is 2.21. The van der Waals surface area contributed by atoms with Gasteiger partial charge in [0.15, 0.2) is 0 Å². The lowest BCUT2D eigenvalue weighted by molar-refractivity contribution is 0.425. The van der Waals surface area contributed by atoms with Crippen molar-refractivity contribution in [3.8, 4) is 0 Å². The minimum absolute atomic E-state index is 0.122. The van der Waals surface area contributed by atoms with Crippen molar-refractivity contribution in [3.05, 3.63) is 166 Å². The van der Waals surface area contributed by atoms with E-state index in [1.807, 2.05) is 36.4 Å². The topological polar surface area (TPSA) is 92.3 Å². The van der Waals surface area contributed by atoms with Crippen LogP contribution in [0.25, 0.3) is 11.1 Å². The predicted octanol–water partition coefficient (Wildman–Crippen LogP) is 8.81. The van der Waals surface area contributed by atoms with Crippen LogP contribution in [-0.2, 0) is 20.0 Å². The molecule has 4 aromatic carbocycles. The van der Waals surface area contributed by atoms with Crippen molar-refractivity contribution in [3.63, 3.8) is 0 Å². The smallest absolute Gasteiger partial charge is 0.207 e. The summed E-state index contributed by atoms with van der Waals surface area (Å²) in [6.45, 7) is 3.41. The SMILES string of the molecule is Cc1cc(C2C=CC(c3ccc(S(=O)(=O)NF)cc3)=CC2=S)ccc1F.Cc1ccc(C2C=CC(c3ccc(S(=O)(=O)NF)cc3)=CC2=S)cc1F. The van der Waals surface area contributed by atoms with Crippen LogP contribution in [0.15, 0.2) is 131 Å². The zero-order valence-electron chi connectivity index (χ0n) is 27.5. The molecular formula is C38H30F4N2O4S4. The normalized spacial score (nSPS) is 17.3. The summed E-state index contributed by atoms with van der Waals surface area (Å²) in [7, 11) is -8.24. The van der Waals surface area contributed by atoms with Crippen LogP contribution in [0.2, 0.25) is 0 Å². The van der Waals surface area contributed by atoms with E-state index in [4.69, 9.17) is 24.4 Å². The van der Waals surface area contributed by atoms with Crippen molar-refractivity contribution in [2.75, 3.05) is 0 Å². The second kappa shape index (κ2) is 16.1. The highest BCUT2D eigenvalue weighted by Crippen LogP contribution is 2.32. The third-order valence-corrected chi connectivity index (χ3v) is 11.4. The molecule has 0 fully saturated rings. The summed E-state index contributed by atoms with van der Waals surface area (Å²) in [5.41, 5.74) is 5.96. The van der Waals surface area contributed by atoms with Gasteiger partial charge in [0, 0.05) is 21.6 Å². The van der Waals surface area contributed by atoms with Gasteiger partial charge < -0.3 is 0 Å². The first kappa shape index (κ1) is 38.8. The average Bonchev–Trinajstić information content (AvgIpc) is 3.14. The summed E-state index contributed by atoms with van der Waals surface area (Å²) in [6, 6.07) is 21.6. The number of rotatable bonds is 8. The number of halogens is 4. The van der Waals surface area contributed by atoms with Crippen molar-refractivity contribution >= 4 is 65.4 Å². The first-order chi connectivity index (χ1) is 24.6. The maximum absolute atomic E-state index is 13.8. The van der Waals surface area contributed by atoms with Gasteiger partial charge in [-0.1, -0.05) is 97.3 Å². The summed E-state index contributed by atoms with van der Waals surface area (Å²) < 4.78 is 97.6. The van der Waals surface area contributed by atoms with E-state index >= 15 is 0 Å². The number of sulfonamides is 2. The van der Waals surface area contributed by atoms with Crippen LogP contribution in [0.4, 0.5) is 17.7 Å². The fourth-order valence-electron chi connectivity index (χ4n) is 5.49. The first-order valence-corrected chi connectivity index (χ1v) is 19.3. The summed E-state index contributed by atoms with van der Waals surface area (Å²) >= 11 is 10.9. The first-order valence-electron chi connectivity index (χ1n) is 15.5. The molecule has 0 heterocycles. The van der Waals surface area contributed by atoms with Crippen LogP contribution in [0, 0.1) is 25.5 Å². The molecule has 0 bridgehead atoms. The molecule has 4 aromatic rings. The molecule has 0 amide bonds. The van der Waals surface area contributed by atoms with Crippen LogP contribution >= 0.6 is 24.4 Å². The van der Waals surface area contributed by atoms with Gasteiger partial charge in [-0.2, -0.15) is 0 Å². The average molecular weight is 783 g/mol. The quantitative estimate of drug-likeness (QED) is 0.106. The van der Waals surface area contributed by atoms with Gasteiger partial charge in [-0.05, 0) is 117 Å². The van der Waals surface area contributed by atoms with Gasteiger partial charge in [0.1, 0.15) is 11.6 Å². The van der Waals surface area contributed by atoms with Crippen LogP contribution in [0.5, 0.6) is 0 Å². The van der Waals surface area contributed by atoms with E-state index in [9.17, 15) is 34.6 Å². The Morgan fingerprint density at radius 3 is 1.37 bits per heavy atom. The highest BCUT2D eigenvalue weighted by molar-refractivity contribution is 7.89. The zero-order chi connectivity index (χ0) is 37.8. The molecule has 2 unspecified atom stereocenters. The van der Waals surface area contributed by atoms with E-state index in [2.05, 4.69) is 0 Å². The van der Waals surface area contributed by atoms with Crippen molar-refractivity contribution < 1.29 is 34.6 Å². The van der Waals surface area contributed by atoms with Crippen LogP contribution < -0.4 is 9.89 Å². The Labute approximate surface area is 310 Å². The Balaban J connectivity index is 0.000000201. The van der Waals surface area contributed by atoms with Crippen molar-refractivity contribution in [2.24, 2.45) is 0 Å². The number of nitrogens with one attached hydrogen (secondary N) is 2. The Morgan fingerprint density at radius 2 is 0.981 bits per heavy atom. The third kappa shape index (κ3) is 8.77. The fraction of sp³-hybridized carbons (Fsp3) is 0.105. The zero-order valence-corrected chi connectivity index (χ0v) is 30.7. The fourth-order valence-corrected chi connectivity index (χ4v) is 7.34. The van der Waals surface area contributed by atoms with Crippen molar-refractivity contribution in [2.45, 2.75) is 35.5 Å². The number of hydrogen-bond donors (Lipinski definition) is 2. The molecule has 6 nitrogen and oxygen atoms in total. The van der Waals surface area contributed by atoms with E-state index < -0.39 is 20.0 Å². The predicted molar refractivity (Wildman–Crippen MR) is 203 cm³/mol. The molecule has 2 aliphatic rings. The summed E-state index contributed by atoms with van der Waals surface area (Å²) in [6.07, 6.45) is 11.2. The van der Waals surface area contributed by atoms with Gasteiger partial charge in [-0.25, -0.2) is 25.6 Å². The number of hydrogen-bond acceptors (Lipinski definition) is 6. The Hall–Kier alpha value is -4.44. The number of allylic oxidation sites excluding steroid dienone is 8. The molecule has 2 N–H and O–H groups in total. The molecular weight excluding hydrogens is 753 g/mol. The van der Waals surface area contributed by atoms with E-state index in [1.54, 1.807) is 62.4 Å². The molecule has 0 aliphatic heterocycles. The summed E-state index contributed by atoms with van der Waals surface area (Å²) in [4.78, 5) is 2.56. The minimum atomic E-state index is -4.12. The Morgan fingerprint density at radius 1 is 0.558 bits per heavy atom. The van der Waals surface area contributed by atoms with E-state index in [0.29, 0.717) is 20.9 Å². The van der Waals surface area contributed by atoms with Gasteiger partial charge in [0.25, 0.3) is 20.0 Å². The Kier molecular flexibility index (Phi) is 12.0. The molecule has 0 radical (unpaired) electrons. The van der Waals surface area contributed by atoms with E-state index in [-0.39, 0.29) is 33.3 Å². The molecule has 0 saturated carbocycles. The second-order valence-corrected chi connectivity index (χ2v) is 16.1. The molecule has 2 atom stereocenters. The number of aryl methyl sites for hydroxylation is 2. The summed E-state index contributed by atoms with van der Waals surface area (Å²) in [5.74, 6) is -0.845. The standard InChI is InChI=1S/2C19H15F2NO2S2/c1-12-10-15(5-9-18(12)20)17-8-4-14(11-19(17)25)13-2-6-16(7-3-13)26(23,24)22-21;1-12-2-3-15(10-18(12)20)17-9-6-14(11-19(17)25)13-4-7-16(8-5-13)26(23,24)22-21/h2*2-11,17,22H,1H3. The molecule has 6 rings (SSSR count).